The summed E-state index contributed by atoms with van der Waals surface area (Å²) in [4.78, 5) is 11.6. The number of nitrogen functional groups attached to an aromatic ring is 1. The minimum atomic E-state index is -0.355. The van der Waals surface area contributed by atoms with E-state index in [2.05, 4.69) is 24.9 Å². The molecule has 2 N–H and O–H groups in total. The Morgan fingerprint density at radius 3 is 3.00 bits per heavy atom. The molecule has 2 aromatic heterocycles. The fraction of sp³-hybridized carbons (Fsp3) is 0.625. The van der Waals surface area contributed by atoms with Crippen LogP contribution in [0, 0.1) is 12.8 Å². The topological polar surface area (TPSA) is 61.0 Å². The Morgan fingerprint density at radius 2 is 2.29 bits per heavy atom. The number of ether oxygens (including phenoxy) is 1. The summed E-state index contributed by atoms with van der Waals surface area (Å²) in [5, 5.41) is 0.969. The molecule has 0 bridgehead atoms. The van der Waals surface area contributed by atoms with Crippen molar-refractivity contribution < 1.29 is 4.74 Å². The third-order valence-electron chi connectivity index (χ3n) is 4.33. The average Bonchev–Trinajstić information content (AvgIpc) is 2.80. The van der Waals surface area contributed by atoms with Crippen molar-refractivity contribution in [1.29, 1.82) is 0 Å². The van der Waals surface area contributed by atoms with Gasteiger partial charge in [-0.05, 0) is 45.1 Å². The molecule has 4 nitrogen and oxygen atoms in total. The van der Waals surface area contributed by atoms with Crippen LogP contribution in [0.3, 0.4) is 0 Å². The summed E-state index contributed by atoms with van der Waals surface area (Å²) in [7, 11) is 0. The number of nitrogens with zero attached hydrogens (tertiary/aromatic N) is 2. The first-order valence-electron chi connectivity index (χ1n) is 7.72. The lowest BCUT2D eigenvalue weighted by Crippen LogP contribution is -2.37. The monoisotopic (exact) mass is 305 g/mol. The van der Waals surface area contributed by atoms with Gasteiger partial charge in [0.2, 0.25) is 0 Å². The number of anilines is 1. The predicted molar refractivity (Wildman–Crippen MR) is 87.5 cm³/mol. The summed E-state index contributed by atoms with van der Waals surface area (Å²) in [6, 6.07) is 2.07. The molecular formula is C16H23N3OS. The lowest BCUT2D eigenvalue weighted by atomic mass is 9.78. The highest BCUT2D eigenvalue weighted by Crippen LogP contribution is 2.42. The zero-order chi connectivity index (χ0) is 15.0. The van der Waals surface area contributed by atoms with Gasteiger partial charge in [0.25, 0.3) is 0 Å². The van der Waals surface area contributed by atoms with E-state index in [1.165, 1.54) is 11.3 Å². The molecule has 0 radical (unpaired) electrons. The molecule has 5 heteroatoms. The molecule has 1 saturated carbocycles. The predicted octanol–water partition coefficient (Wildman–Crippen LogP) is 4.02. The molecule has 1 aliphatic rings. The van der Waals surface area contributed by atoms with Crippen LogP contribution >= 0.6 is 11.3 Å². The Bertz CT molecular complexity index is 650. The van der Waals surface area contributed by atoms with E-state index in [0.717, 1.165) is 35.3 Å². The summed E-state index contributed by atoms with van der Waals surface area (Å²) in [6.45, 7) is 7.08. The molecular weight excluding hydrogens is 282 g/mol. The number of hydrogen-bond donors (Lipinski definition) is 1. The molecule has 1 fully saturated rings. The standard InChI is InChI=1S/C16H23N3OS/c1-4-20-16(7-5-6-10(2)9-16)15-18-13(17)12-8-11(3)21-14(12)19-15/h8,10H,4-7,9H2,1-3H3,(H2,17,18,19). The minimum Gasteiger partial charge on any atom is -0.383 e. The van der Waals surface area contributed by atoms with Crippen LogP contribution in [0.25, 0.3) is 10.2 Å². The summed E-state index contributed by atoms with van der Waals surface area (Å²) in [5.41, 5.74) is 5.81. The van der Waals surface area contributed by atoms with Crippen molar-refractivity contribution in [1.82, 2.24) is 9.97 Å². The maximum atomic E-state index is 6.17. The number of rotatable bonds is 3. The molecule has 1 aliphatic carbocycles. The van der Waals surface area contributed by atoms with Crippen molar-refractivity contribution in [2.24, 2.45) is 5.92 Å². The van der Waals surface area contributed by atoms with E-state index in [-0.39, 0.29) is 5.60 Å². The first-order chi connectivity index (χ1) is 10.0. The third-order valence-corrected chi connectivity index (χ3v) is 5.27. The second-order valence-electron chi connectivity index (χ2n) is 6.14. The first-order valence-corrected chi connectivity index (χ1v) is 8.54. The highest BCUT2D eigenvalue weighted by Gasteiger charge is 2.40. The summed E-state index contributed by atoms with van der Waals surface area (Å²) in [5.74, 6) is 2.00. The number of aryl methyl sites for hydroxylation is 1. The Morgan fingerprint density at radius 1 is 1.48 bits per heavy atom. The van der Waals surface area contributed by atoms with E-state index in [0.29, 0.717) is 18.3 Å². The van der Waals surface area contributed by atoms with Crippen LogP contribution in [0.15, 0.2) is 6.07 Å². The first kappa shape index (κ1) is 14.7. The van der Waals surface area contributed by atoms with Crippen LogP contribution in [0.4, 0.5) is 5.82 Å². The van der Waals surface area contributed by atoms with Crippen molar-refractivity contribution in [3.8, 4) is 0 Å². The SMILES string of the molecule is CCOC1(c2nc(N)c3cc(C)sc3n2)CCCC(C)C1. The third kappa shape index (κ3) is 2.64. The van der Waals surface area contributed by atoms with Crippen molar-refractivity contribution in [3.05, 3.63) is 16.8 Å². The largest absolute Gasteiger partial charge is 0.383 e. The van der Waals surface area contributed by atoms with Crippen LogP contribution in [0.5, 0.6) is 0 Å². The van der Waals surface area contributed by atoms with Gasteiger partial charge in [0.05, 0.1) is 5.39 Å². The molecule has 0 aromatic carbocycles. The molecule has 0 aliphatic heterocycles. The molecule has 2 aromatic rings. The molecule has 21 heavy (non-hydrogen) atoms. The second-order valence-corrected chi connectivity index (χ2v) is 7.37. The van der Waals surface area contributed by atoms with Crippen molar-refractivity contribution >= 4 is 27.4 Å². The van der Waals surface area contributed by atoms with Gasteiger partial charge >= 0.3 is 0 Å². The van der Waals surface area contributed by atoms with E-state index in [1.807, 2.05) is 6.92 Å². The minimum absolute atomic E-state index is 0.355. The summed E-state index contributed by atoms with van der Waals surface area (Å²) in [6.07, 6.45) is 4.38. The summed E-state index contributed by atoms with van der Waals surface area (Å²) < 4.78 is 6.16. The fourth-order valence-corrected chi connectivity index (χ4v) is 4.33. The van der Waals surface area contributed by atoms with Crippen LogP contribution in [-0.4, -0.2) is 16.6 Å². The molecule has 114 valence electrons. The number of thiophene rings is 1. The van der Waals surface area contributed by atoms with Gasteiger partial charge in [-0.25, -0.2) is 9.97 Å². The molecule has 3 rings (SSSR count). The van der Waals surface area contributed by atoms with Gasteiger partial charge < -0.3 is 10.5 Å². The average molecular weight is 305 g/mol. The fourth-order valence-electron chi connectivity index (χ4n) is 3.45. The van der Waals surface area contributed by atoms with Crippen LogP contribution in [0.2, 0.25) is 0 Å². The highest BCUT2D eigenvalue weighted by atomic mass is 32.1. The maximum absolute atomic E-state index is 6.17. The van der Waals surface area contributed by atoms with Crippen molar-refractivity contribution in [2.45, 2.75) is 52.1 Å². The van der Waals surface area contributed by atoms with Gasteiger partial charge in [-0.1, -0.05) is 13.3 Å². The molecule has 0 spiro atoms. The van der Waals surface area contributed by atoms with Gasteiger partial charge in [0.1, 0.15) is 16.2 Å². The normalized spacial score (nSPS) is 26.3. The van der Waals surface area contributed by atoms with E-state index in [1.54, 1.807) is 11.3 Å². The second kappa shape index (κ2) is 5.54. The van der Waals surface area contributed by atoms with E-state index < -0.39 is 0 Å². The van der Waals surface area contributed by atoms with E-state index in [4.69, 9.17) is 15.5 Å². The van der Waals surface area contributed by atoms with Crippen LogP contribution in [-0.2, 0) is 10.3 Å². The zero-order valence-corrected chi connectivity index (χ0v) is 13.8. The lowest BCUT2D eigenvalue weighted by Gasteiger charge is -2.38. The summed E-state index contributed by atoms with van der Waals surface area (Å²) >= 11 is 1.68. The molecule has 2 unspecified atom stereocenters. The van der Waals surface area contributed by atoms with Gasteiger partial charge in [-0.15, -0.1) is 11.3 Å². The van der Waals surface area contributed by atoms with Crippen LogP contribution < -0.4 is 5.73 Å². The Hall–Kier alpha value is -1.20. The maximum Gasteiger partial charge on any atom is 0.164 e. The molecule has 0 saturated heterocycles. The van der Waals surface area contributed by atoms with Gasteiger partial charge in [0, 0.05) is 11.5 Å². The highest BCUT2D eigenvalue weighted by molar-refractivity contribution is 7.18. The zero-order valence-electron chi connectivity index (χ0n) is 13.0. The molecule has 0 amide bonds. The Labute approximate surface area is 129 Å². The van der Waals surface area contributed by atoms with Crippen molar-refractivity contribution in [3.63, 3.8) is 0 Å². The molecule has 2 atom stereocenters. The van der Waals surface area contributed by atoms with E-state index in [9.17, 15) is 0 Å². The number of nitrogens with two attached hydrogens (primary N) is 1. The van der Waals surface area contributed by atoms with E-state index >= 15 is 0 Å². The molecule has 2 heterocycles. The van der Waals surface area contributed by atoms with Crippen molar-refractivity contribution in [2.75, 3.05) is 12.3 Å². The smallest absolute Gasteiger partial charge is 0.164 e. The lowest BCUT2D eigenvalue weighted by molar-refractivity contribution is -0.0877. The Kier molecular flexibility index (Phi) is 3.88. The number of aromatic nitrogens is 2. The quantitative estimate of drug-likeness (QED) is 0.930. The van der Waals surface area contributed by atoms with Crippen LogP contribution in [0.1, 0.15) is 50.2 Å². The number of fused-ring (bicyclic) bond motifs is 1. The number of hydrogen-bond acceptors (Lipinski definition) is 5. The van der Waals surface area contributed by atoms with Gasteiger partial charge in [-0.3, -0.25) is 0 Å². The van der Waals surface area contributed by atoms with Gasteiger partial charge in [-0.2, -0.15) is 0 Å². The Balaban J connectivity index is 2.10. The van der Waals surface area contributed by atoms with Gasteiger partial charge in [0.15, 0.2) is 5.82 Å².